The minimum Gasteiger partial charge on any atom is -0.464 e. The molecule has 0 aliphatic heterocycles. The molecule has 0 saturated heterocycles. The van der Waals surface area contributed by atoms with E-state index in [4.69, 9.17) is 23.7 Å². The number of nitrogens with one attached hydrogen (secondary N) is 3. The zero-order chi connectivity index (χ0) is 34.5. The highest BCUT2D eigenvalue weighted by atomic mass is 16.6. The molecule has 0 atom stereocenters. The largest absolute Gasteiger partial charge is 0.464 e. The van der Waals surface area contributed by atoms with E-state index >= 15 is 0 Å². The highest BCUT2D eigenvalue weighted by Gasteiger charge is 2.22. The van der Waals surface area contributed by atoms with Crippen LogP contribution in [-0.2, 0) is 46.4 Å². The molecule has 3 N–H and O–H groups in total. The Morgan fingerprint density at radius 3 is 1.52 bits per heavy atom. The van der Waals surface area contributed by atoms with Gasteiger partial charge >= 0.3 is 30.2 Å². The van der Waals surface area contributed by atoms with Gasteiger partial charge in [0.15, 0.2) is 0 Å². The number of alkyl carbamates (subject to hydrolysis) is 3. The zero-order valence-electron chi connectivity index (χ0n) is 27.3. The standard InChI is InChI=1S/C33H41N3O10/c1-32(2,3)45-30(40)35-25(27(37)42-7)17-22-14-23(18-26(28(38)43-8)36-31(41)46-33(4,5)6)16-24(15-22)19-34-29(39)44-20-21-12-10-9-11-13-21/h9-18H,19-20H2,1-8H3,(H,34,39)(H,35,40)(H,36,41)/b25-17-,26-18-. The van der Waals surface area contributed by atoms with Crippen LogP contribution in [0.15, 0.2) is 59.9 Å². The number of hydrogen-bond donors (Lipinski definition) is 3. The van der Waals surface area contributed by atoms with Crippen molar-refractivity contribution in [3.63, 3.8) is 0 Å². The third-order valence-electron chi connectivity index (χ3n) is 5.39. The van der Waals surface area contributed by atoms with Crippen LogP contribution < -0.4 is 16.0 Å². The van der Waals surface area contributed by atoms with Crippen LogP contribution in [0.5, 0.6) is 0 Å². The number of benzene rings is 2. The molecule has 13 heteroatoms. The van der Waals surface area contributed by atoms with E-state index in [2.05, 4.69) is 16.0 Å². The van der Waals surface area contributed by atoms with Crippen LogP contribution in [0, 0.1) is 0 Å². The topological polar surface area (TPSA) is 168 Å². The van der Waals surface area contributed by atoms with E-state index in [9.17, 15) is 24.0 Å². The van der Waals surface area contributed by atoms with Crippen molar-refractivity contribution in [2.75, 3.05) is 14.2 Å². The molecule has 2 rings (SSSR count). The first-order chi connectivity index (χ1) is 21.5. The first-order valence-corrected chi connectivity index (χ1v) is 14.2. The molecule has 0 aliphatic rings. The number of amides is 3. The fraction of sp³-hybridized carbons (Fsp3) is 0.364. The molecule has 0 aliphatic carbocycles. The van der Waals surface area contributed by atoms with Crippen LogP contribution in [0.3, 0.4) is 0 Å². The smallest absolute Gasteiger partial charge is 0.412 e. The number of hydrogen-bond acceptors (Lipinski definition) is 10. The van der Waals surface area contributed by atoms with Crippen molar-refractivity contribution in [2.24, 2.45) is 0 Å². The van der Waals surface area contributed by atoms with E-state index in [-0.39, 0.29) is 24.5 Å². The lowest BCUT2D eigenvalue weighted by molar-refractivity contribution is -0.137. The predicted octanol–water partition coefficient (Wildman–Crippen LogP) is 5.19. The fourth-order valence-electron chi connectivity index (χ4n) is 3.64. The molecule has 3 amide bonds. The molecule has 2 aromatic carbocycles. The maximum absolute atomic E-state index is 12.6. The van der Waals surface area contributed by atoms with Crippen molar-refractivity contribution in [3.8, 4) is 0 Å². The molecular formula is C33H41N3O10. The zero-order valence-corrected chi connectivity index (χ0v) is 27.3. The number of esters is 2. The third-order valence-corrected chi connectivity index (χ3v) is 5.39. The van der Waals surface area contributed by atoms with Crippen molar-refractivity contribution < 1.29 is 47.7 Å². The normalized spacial score (nSPS) is 11.9. The molecule has 0 aromatic heterocycles. The lowest BCUT2D eigenvalue weighted by Gasteiger charge is -2.20. The van der Waals surface area contributed by atoms with Gasteiger partial charge in [-0.2, -0.15) is 0 Å². The maximum Gasteiger partial charge on any atom is 0.412 e. The number of rotatable bonds is 10. The van der Waals surface area contributed by atoms with Gasteiger partial charge in [0.1, 0.15) is 29.2 Å². The molecule has 46 heavy (non-hydrogen) atoms. The van der Waals surface area contributed by atoms with Crippen molar-refractivity contribution >= 4 is 42.4 Å². The van der Waals surface area contributed by atoms with Crippen molar-refractivity contribution in [3.05, 3.63) is 82.2 Å². The Morgan fingerprint density at radius 1 is 0.652 bits per heavy atom. The molecule has 0 fully saturated rings. The van der Waals surface area contributed by atoms with Crippen molar-refractivity contribution in [1.29, 1.82) is 0 Å². The van der Waals surface area contributed by atoms with Gasteiger partial charge in [0.05, 0.1) is 14.2 Å². The summed E-state index contributed by atoms with van der Waals surface area (Å²) in [5.41, 5.74) is -0.178. The SMILES string of the molecule is COC(=O)/C(=C/c1cc(/C=C(\NC(=O)OC(C)(C)C)C(=O)OC)cc(CNC(=O)OCc2ccccc2)c1)NC(=O)OC(C)(C)C. The minimum atomic E-state index is -0.891. The summed E-state index contributed by atoms with van der Waals surface area (Å²) in [5.74, 6) is -1.73. The van der Waals surface area contributed by atoms with Crippen LogP contribution in [0.4, 0.5) is 14.4 Å². The highest BCUT2D eigenvalue weighted by molar-refractivity contribution is 5.98. The average molecular weight is 640 g/mol. The average Bonchev–Trinajstić information content (AvgIpc) is 2.96. The predicted molar refractivity (Wildman–Crippen MR) is 169 cm³/mol. The molecule has 0 radical (unpaired) electrons. The molecule has 0 heterocycles. The Labute approximate surface area is 268 Å². The quantitative estimate of drug-likeness (QED) is 0.179. The van der Waals surface area contributed by atoms with Crippen molar-refractivity contribution in [1.82, 2.24) is 16.0 Å². The number of carbonyl (C=O) groups excluding carboxylic acids is 5. The number of ether oxygens (including phenoxy) is 5. The van der Waals surface area contributed by atoms with Gasteiger partial charge < -0.3 is 29.0 Å². The number of carbonyl (C=O) groups is 5. The van der Waals surface area contributed by atoms with Crippen LogP contribution in [-0.4, -0.2) is 55.6 Å². The molecule has 0 saturated carbocycles. The second kappa shape index (κ2) is 16.7. The molecule has 2 aromatic rings. The minimum absolute atomic E-state index is 0.0315. The van der Waals surface area contributed by atoms with Gasteiger partial charge in [-0.05, 0) is 94.1 Å². The van der Waals surface area contributed by atoms with Gasteiger partial charge in [-0.3, -0.25) is 10.6 Å². The van der Waals surface area contributed by atoms with E-state index in [1.165, 1.54) is 12.2 Å². The summed E-state index contributed by atoms with van der Waals surface area (Å²) in [6.45, 7) is 10.0. The monoisotopic (exact) mass is 639 g/mol. The van der Waals surface area contributed by atoms with Gasteiger partial charge in [-0.25, -0.2) is 24.0 Å². The summed E-state index contributed by atoms with van der Waals surface area (Å²) in [5, 5.41) is 7.41. The van der Waals surface area contributed by atoms with Gasteiger partial charge in [0, 0.05) is 6.54 Å². The fourth-order valence-corrected chi connectivity index (χ4v) is 3.64. The summed E-state index contributed by atoms with van der Waals surface area (Å²) in [6.07, 6.45) is 0.175. The molecular weight excluding hydrogens is 598 g/mol. The summed E-state index contributed by atoms with van der Waals surface area (Å²) in [7, 11) is 2.29. The van der Waals surface area contributed by atoms with Gasteiger partial charge in [-0.1, -0.05) is 30.3 Å². The molecule has 248 valence electrons. The van der Waals surface area contributed by atoms with Crippen LogP contribution in [0.2, 0.25) is 0 Å². The van der Waals surface area contributed by atoms with E-state index in [1.54, 1.807) is 59.7 Å². The molecule has 0 unspecified atom stereocenters. The highest BCUT2D eigenvalue weighted by Crippen LogP contribution is 2.18. The van der Waals surface area contributed by atoms with Crippen LogP contribution in [0.25, 0.3) is 12.2 Å². The summed E-state index contributed by atoms with van der Waals surface area (Å²) >= 11 is 0. The summed E-state index contributed by atoms with van der Waals surface area (Å²) in [4.78, 5) is 62.5. The van der Waals surface area contributed by atoms with E-state index in [0.29, 0.717) is 16.7 Å². The third kappa shape index (κ3) is 14.0. The molecule has 0 spiro atoms. The summed E-state index contributed by atoms with van der Waals surface area (Å²) in [6, 6.07) is 13.9. The number of methoxy groups -OCH3 is 2. The molecule has 0 bridgehead atoms. The Morgan fingerprint density at radius 2 is 1.11 bits per heavy atom. The lowest BCUT2D eigenvalue weighted by atomic mass is 10.0. The van der Waals surface area contributed by atoms with E-state index in [1.807, 2.05) is 30.3 Å². The first-order valence-electron chi connectivity index (χ1n) is 14.2. The first kappa shape index (κ1) is 36.9. The molecule has 13 nitrogen and oxygen atoms in total. The lowest BCUT2D eigenvalue weighted by Crippen LogP contribution is -2.34. The Balaban J connectivity index is 2.50. The Kier molecular flexibility index (Phi) is 13.4. The summed E-state index contributed by atoms with van der Waals surface area (Å²) < 4.78 is 25.4. The van der Waals surface area contributed by atoms with Crippen LogP contribution >= 0.6 is 0 Å². The van der Waals surface area contributed by atoms with Crippen molar-refractivity contribution in [2.45, 2.75) is 65.9 Å². The second-order valence-electron chi connectivity index (χ2n) is 11.8. The van der Waals surface area contributed by atoms with Gasteiger partial charge in [0.2, 0.25) is 0 Å². The van der Waals surface area contributed by atoms with Gasteiger partial charge in [-0.15, -0.1) is 0 Å². The van der Waals surface area contributed by atoms with Crippen LogP contribution in [0.1, 0.15) is 63.8 Å². The van der Waals surface area contributed by atoms with E-state index < -0.39 is 41.4 Å². The van der Waals surface area contributed by atoms with E-state index in [0.717, 1.165) is 19.8 Å². The van der Waals surface area contributed by atoms with Gasteiger partial charge in [0.25, 0.3) is 0 Å². The Hall–Kier alpha value is -5.33. The Bertz CT molecular complexity index is 1390. The maximum atomic E-state index is 12.6. The second-order valence-corrected chi connectivity index (χ2v) is 11.8.